The van der Waals surface area contributed by atoms with Crippen molar-refractivity contribution in [2.24, 2.45) is 0 Å². The van der Waals surface area contributed by atoms with Gasteiger partial charge in [-0.15, -0.1) is 6.58 Å². The van der Waals surface area contributed by atoms with Crippen molar-refractivity contribution in [2.45, 2.75) is 20.0 Å². The van der Waals surface area contributed by atoms with Gasteiger partial charge in [0.05, 0.1) is 6.61 Å². The Kier molecular flexibility index (Phi) is 6.09. The summed E-state index contributed by atoms with van der Waals surface area (Å²) in [5.74, 6) is 0.513. The Bertz CT molecular complexity index is 431. The second-order valence-corrected chi connectivity index (χ2v) is 4.37. The highest BCUT2D eigenvalue weighted by Gasteiger charge is 2.20. The molecular weight excluding hydrogens is 242 g/mol. The number of amides is 1. The fourth-order valence-corrected chi connectivity index (χ4v) is 1.77. The number of carbonyl (C=O) groups excluding carboxylic acids is 1. The van der Waals surface area contributed by atoms with Gasteiger partial charge in [-0.2, -0.15) is 0 Å². The molecule has 19 heavy (non-hydrogen) atoms. The zero-order valence-electron chi connectivity index (χ0n) is 11.5. The van der Waals surface area contributed by atoms with Gasteiger partial charge >= 0.3 is 0 Å². The average molecular weight is 263 g/mol. The number of benzene rings is 1. The van der Waals surface area contributed by atoms with Crippen molar-refractivity contribution in [1.82, 2.24) is 4.90 Å². The zero-order chi connectivity index (χ0) is 14.3. The Morgan fingerprint density at radius 3 is 2.89 bits per heavy atom. The van der Waals surface area contributed by atoms with Crippen LogP contribution in [-0.2, 0) is 4.79 Å². The van der Waals surface area contributed by atoms with Crippen molar-refractivity contribution in [3.8, 4) is 5.75 Å². The van der Waals surface area contributed by atoms with Crippen molar-refractivity contribution >= 4 is 5.91 Å². The first-order valence-corrected chi connectivity index (χ1v) is 6.32. The van der Waals surface area contributed by atoms with Gasteiger partial charge < -0.3 is 14.7 Å². The monoisotopic (exact) mass is 263 g/mol. The number of aliphatic hydroxyl groups is 1. The molecule has 1 atom stereocenters. The van der Waals surface area contributed by atoms with E-state index in [1.54, 1.807) is 13.0 Å². The minimum absolute atomic E-state index is 0.0727. The van der Waals surface area contributed by atoms with E-state index in [0.29, 0.717) is 12.3 Å². The summed E-state index contributed by atoms with van der Waals surface area (Å²) in [5.41, 5.74) is 1.08. The molecule has 0 fully saturated rings. The average Bonchev–Trinajstić information content (AvgIpc) is 2.37. The summed E-state index contributed by atoms with van der Waals surface area (Å²) in [6, 6.07) is 7.56. The molecule has 0 aliphatic rings. The van der Waals surface area contributed by atoms with E-state index in [0.717, 1.165) is 5.56 Å². The molecule has 0 aromatic heterocycles. The fraction of sp³-hybridized carbons (Fsp3) is 0.400. The second kappa shape index (κ2) is 7.59. The van der Waals surface area contributed by atoms with Crippen molar-refractivity contribution in [3.05, 3.63) is 42.5 Å². The molecule has 1 amide bonds. The third-order valence-corrected chi connectivity index (χ3v) is 2.68. The normalized spacial score (nSPS) is 11.7. The lowest BCUT2D eigenvalue weighted by Crippen LogP contribution is -2.42. The molecule has 4 nitrogen and oxygen atoms in total. The van der Waals surface area contributed by atoms with Crippen LogP contribution in [0.3, 0.4) is 0 Å². The molecule has 0 saturated carbocycles. The molecule has 1 N–H and O–H groups in total. The molecule has 4 heteroatoms. The highest BCUT2D eigenvalue weighted by atomic mass is 16.5. The Hall–Kier alpha value is -1.81. The molecule has 0 aliphatic carbocycles. The first-order valence-electron chi connectivity index (χ1n) is 6.32. The summed E-state index contributed by atoms with van der Waals surface area (Å²) in [6.45, 7) is 7.89. The van der Waals surface area contributed by atoms with E-state index < -0.39 is 6.10 Å². The van der Waals surface area contributed by atoms with E-state index in [1.807, 2.05) is 31.2 Å². The van der Waals surface area contributed by atoms with E-state index in [9.17, 15) is 4.79 Å². The molecule has 0 radical (unpaired) electrons. The molecule has 1 aromatic rings. The Morgan fingerprint density at radius 1 is 1.58 bits per heavy atom. The SMILES string of the molecule is C=CCN(CCO)C(=O)C(C)Oc1cccc(C)c1. The maximum absolute atomic E-state index is 12.2. The third-order valence-electron chi connectivity index (χ3n) is 2.68. The van der Waals surface area contributed by atoms with Gasteiger partial charge in [-0.1, -0.05) is 18.2 Å². The second-order valence-electron chi connectivity index (χ2n) is 4.37. The van der Waals surface area contributed by atoms with Crippen LogP contribution in [0, 0.1) is 6.92 Å². The highest BCUT2D eigenvalue weighted by Crippen LogP contribution is 2.15. The maximum Gasteiger partial charge on any atom is 0.263 e. The van der Waals surface area contributed by atoms with Gasteiger partial charge in [-0.25, -0.2) is 0 Å². The van der Waals surface area contributed by atoms with Crippen LogP contribution in [0.15, 0.2) is 36.9 Å². The van der Waals surface area contributed by atoms with Crippen LogP contribution in [0.4, 0.5) is 0 Å². The fourth-order valence-electron chi connectivity index (χ4n) is 1.77. The molecule has 1 aromatic carbocycles. The molecule has 1 rings (SSSR count). The minimum atomic E-state index is -0.590. The molecule has 0 bridgehead atoms. The van der Waals surface area contributed by atoms with E-state index in [-0.39, 0.29) is 19.1 Å². The number of hydrogen-bond donors (Lipinski definition) is 1. The molecule has 0 aliphatic heterocycles. The largest absolute Gasteiger partial charge is 0.481 e. The van der Waals surface area contributed by atoms with Crippen molar-refractivity contribution in [1.29, 1.82) is 0 Å². The lowest BCUT2D eigenvalue weighted by molar-refractivity contribution is -0.137. The number of rotatable bonds is 7. The first-order chi connectivity index (χ1) is 9.08. The van der Waals surface area contributed by atoms with Gasteiger partial charge in [0.15, 0.2) is 6.10 Å². The molecule has 104 valence electrons. The minimum Gasteiger partial charge on any atom is -0.481 e. The van der Waals surface area contributed by atoms with Crippen LogP contribution in [0.25, 0.3) is 0 Å². The van der Waals surface area contributed by atoms with Gasteiger partial charge in [-0.05, 0) is 31.5 Å². The highest BCUT2D eigenvalue weighted by molar-refractivity contribution is 5.81. The number of carbonyl (C=O) groups is 1. The number of hydrogen-bond acceptors (Lipinski definition) is 3. The van der Waals surface area contributed by atoms with Gasteiger partial charge in [-0.3, -0.25) is 4.79 Å². The summed E-state index contributed by atoms with van der Waals surface area (Å²) >= 11 is 0. The van der Waals surface area contributed by atoms with Gasteiger partial charge in [0, 0.05) is 13.1 Å². The van der Waals surface area contributed by atoms with Crippen LogP contribution in [0.2, 0.25) is 0 Å². The van der Waals surface area contributed by atoms with Gasteiger partial charge in [0.25, 0.3) is 5.91 Å². The van der Waals surface area contributed by atoms with Crippen LogP contribution < -0.4 is 4.74 Å². The quantitative estimate of drug-likeness (QED) is 0.763. The molecule has 1 unspecified atom stereocenters. The summed E-state index contributed by atoms with van der Waals surface area (Å²) in [5, 5.41) is 8.95. The number of aryl methyl sites for hydroxylation is 1. The van der Waals surface area contributed by atoms with E-state index >= 15 is 0 Å². The number of ether oxygens (including phenoxy) is 1. The predicted molar refractivity (Wildman–Crippen MR) is 75.1 cm³/mol. The maximum atomic E-state index is 12.2. The number of aliphatic hydroxyl groups excluding tert-OH is 1. The first kappa shape index (κ1) is 15.2. The van der Waals surface area contributed by atoms with Crippen LogP contribution in [0.5, 0.6) is 5.75 Å². The van der Waals surface area contributed by atoms with Gasteiger partial charge in [0.1, 0.15) is 5.75 Å². The summed E-state index contributed by atoms with van der Waals surface area (Å²) in [6.07, 6.45) is 1.04. The summed E-state index contributed by atoms with van der Waals surface area (Å²) in [7, 11) is 0. The predicted octanol–water partition coefficient (Wildman–Crippen LogP) is 1.77. The van der Waals surface area contributed by atoms with Crippen molar-refractivity contribution in [2.75, 3.05) is 19.7 Å². The topological polar surface area (TPSA) is 49.8 Å². The lowest BCUT2D eigenvalue weighted by atomic mass is 10.2. The molecule has 0 saturated heterocycles. The van der Waals surface area contributed by atoms with E-state index in [2.05, 4.69) is 6.58 Å². The Balaban J connectivity index is 2.67. The molecule has 0 spiro atoms. The Morgan fingerprint density at radius 2 is 2.32 bits per heavy atom. The van der Waals surface area contributed by atoms with Crippen LogP contribution in [0.1, 0.15) is 12.5 Å². The molecular formula is C15H21NO3. The van der Waals surface area contributed by atoms with E-state index in [1.165, 1.54) is 4.90 Å². The van der Waals surface area contributed by atoms with Crippen LogP contribution in [-0.4, -0.2) is 41.7 Å². The molecule has 0 heterocycles. The summed E-state index contributed by atoms with van der Waals surface area (Å²) in [4.78, 5) is 13.7. The van der Waals surface area contributed by atoms with E-state index in [4.69, 9.17) is 9.84 Å². The van der Waals surface area contributed by atoms with Crippen LogP contribution >= 0.6 is 0 Å². The lowest BCUT2D eigenvalue weighted by Gasteiger charge is -2.24. The van der Waals surface area contributed by atoms with Crippen molar-refractivity contribution < 1.29 is 14.6 Å². The zero-order valence-corrected chi connectivity index (χ0v) is 11.5. The smallest absolute Gasteiger partial charge is 0.263 e. The van der Waals surface area contributed by atoms with Crippen molar-refractivity contribution in [3.63, 3.8) is 0 Å². The van der Waals surface area contributed by atoms with Gasteiger partial charge in [0.2, 0.25) is 0 Å². The third kappa shape index (κ3) is 4.75. The number of nitrogens with zero attached hydrogens (tertiary/aromatic N) is 1. The Labute approximate surface area is 114 Å². The standard InChI is InChI=1S/C15H21NO3/c1-4-8-16(9-10-17)15(18)13(3)19-14-7-5-6-12(2)11-14/h4-7,11,13,17H,1,8-10H2,2-3H3. The summed E-state index contributed by atoms with van der Waals surface area (Å²) < 4.78 is 5.62.